The fourth-order valence-corrected chi connectivity index (χ4v) is 2.09. The predicted molar refractivity (Wildman–Crippen MR) is 59.4 cm³/mol. The summed E-state index contributed by atoms with van der Waals surface area (Å²) in [5, 5.41) is 12.0. The van der Waals surface area contributed by atoms with Crippen molar-refractivity contribution in [2.75, 3.05) is 0 Å². The Morgan fingerprint density at radius 1 is 1.31 bits per heavy atom. The summed E-state index contributed by atoms with van der Waals surface area (Å²) < 4.78 is 5.41. The maximum atomic E-state index is 12.0. The first-order valence-electron chi connectivity index (χ1n) is 5.54. The monoisotopic (exact) mass is 223 g/mol. The largest absolute Gasteiger partial charge is 0.466 e. The van der Waals surface area contributed by atoms with Gasteiger partial charge in [-0.25, -0.2) is 0 Å². The van der Waals surface area contributed by atoms with Crippen molar-refractivity contribution in [1.82, 2.24) is 5.32 Å². The van der Waals surface area contributed by atoms with Gasteiger partial charge in [0.15, 0.2) is 0 Å². The van der Waals surface area contributed by atoms with Gasteiger partial charge in [0, 0.05) is 11.6 Å². The molecule has 1 saturated carbocycles. The molecule has 1 aromatic heterocycles. The molecular formula is C12H17NO3. The number of aliphatic hydroxyl groups is 1. The van der Waals surface area contributed by atoms with Gasteiger partial charge < -0.3 is 14.8 Å². The van der Waals surface area contributed by atoms with Crippen molar-refractivity contribution in [3.05, 3.63) is 22.6 Å². The fraction of sp³-hybridized carbons (Fsp3) is 0.583. The highest BCUT2D eigenvalue weighted by molar-refractivity contribution is 5.97. The number of hydrogen-bond donors (Lipinski definition) is 2. The van der Waals surface area contributed by atoms with Crippen molar-refractivity contribution in [3.63, 3.8) is 0 Å². The van der Waals surface area contributed by atoms with E-state index < -0.39 is 0 Å². The van der Waals surface area contributed by atoms with Crippen molar-refractivity contribution in [3.8, 4) is 0 Å². The third kappa shape index (κ3) is 1.85. The van der Waals surface area contributed by atoms with Gasteiger partial charge in [0.2, 0.25) is 0 Å². The summed E-state index contributed by atoms with van der Waals surface area (Å²) in [6.07, 6.45) is 1.06. The quantitative estimate of drug-likeness (QED) is 0.797. The van der Waals surface area contributed by atoms with Gasteiger partial charge >= 0.3 is 0 Å². The molecule has 4 heteroatoms. The minimum absolute atomic E-state index is 0.0937. The van der Waals surface area contributed by atoms with Gasteiger partial charge in [-0.05, 0) is 33.6 Å². The molecule has 0 saturated heterocycles. The number of hydrogen-bond acceptors (Lipinski definition) is 3. The van der Waals surface area contributed by atoms with E-state index in [0.717, 1.165) is 11.3 Å². The number of aliphatic hydroxyl groups excluding tert-OH is 1. The molecule has 2 N–H and O–H groups in total. The summed E-state index contributed by atoms with van der Waals surface area (Å²) >= 11 is 0. The van der Waals surface area contributed by atoms with Crippen molar-refractivity contribution in [2.24, 2.45) is 0 Å². The van der Waals surface area contributed by atoms with Gasteiger partial charge in [0.05, 0.1) is 11.7 Å². The maximum absolute atomic E-state index is 12.0. The van der Waals surface area contributed by atoms with Gasteiger partial charge in [-0.15, -0.1) is 0 Å². The predicted octanol–water partition coefficient (Wildman–Crippen LogP) is 1.46. The molecule has 0 spiro atoms. The standard InChI is InChI=1S/C12H17NO3/c1-6-7(2)16-8(3)11(6)12(15)13-9-4-10(14)5-9/h9-10,14H,4-5H2,1-3H3,(H,13,15). The summed E-state index contributed by atoms with van der Waals surface area (Å²) in [5.41, 5.74) is 1.54. The molecule has 1 fully saturated rings. The van der Waals surface area contributed by atoms with E-state index in [1.165, 1.54) is 0 Å². The van der Waals surface area contributed by atoms with Crippen LogP contribution in [0.3, 0.4) is 0 Å². The molecule has 0 aromatic carbocycles. The van der Waals surface area contributed by atoms with Crippen LogP contribution >= 0.6 is 0 Å². The highest BCUT2D eigenvalue weighted by Crippen LogP contribution is 2.23. The molecule has 2 rings (SSSR count). The Morgan fingerprint density at radius 3 is 2.38 bits per heavy atom. The van der Waals surface area contributed by atoms with Crippen LogP contribution in [0.4, 0.5) is 0 Å². The second-order valence-corrected chi connectivity index (χ2v) is 4.51. The van der Waals surface area contributed by atoms with Crippen molar-refractivity contribution in [1.29, 1.82) is 0 Å². The fourth-order valence-electron chi connectivity index (χ4n) is 2.09. The van der Waals surface area contributed by atoms with E-state index in [1.54, 1.807) is 6.92 Å². The summed E-state index contributed by atoms with van der Waals surface area (Å²) in [4.78, 5) is 12.0. The van der Waals surface area contributed by atoms with Crippen LogP contribution in [-0.4, -0.2) is 23.2 Å². The van der Waals surface area contributed by atoms with E-state index >= 15 is 0 Å². The summed E-state index contributed by atoms with van der Waals surface area (Å²) in [6.45, 7) is 5.53. The smallest absolute Gasteiger partial charge is 0.255 e. The second kappa shape index (κ2) is 3.94. The Bertz CT molecular complexity index is 416. The first kappa shape index (κ1) is 11.2. The highest BCUT2D eigenvalue weighted by atomic mass is 16.3. The number of amides is 1. The summed E-state index contributed by atoms with van der Waals surface area (Å²) in [7, 11) is 0. The Labute approximate surface area is 94.6 Å². The van der Waals surface area contributed by atoms with E-state index in [9.17, 15) is 4.79 Å². The number of furan rings is 1. The molecule has 0 bridgehead atoms. The highest BCUT2D eigenvalue weighted by Gasteiger charge is 2.30. The van der Waals surface area contributed by atoms with Crippen LogP contribution in [0.25, 0.3) is 0 Å². The van der Waals surface area contributed by atoms with Gasteiger partial charge in [0.1, 0.15) is 11.5 Å². The SMILES string of the molecule is Cc1oc(C)c(C(=O)NC2CC(O)C2)c1C. The van der Waals surface area contributed by atoms with E-state index in [-0.39, 0.29) is 18.1 Å². The number of carbonyl (C=O) groups excluding carboxylic acids is 1. The van der Waals surface area contributed by atoms with Crippen LogP contribution in [0.5, 0.6) is 0 Å². The van der Waals surface area contributed by atoms with Crippen LogP contribution < -0.4 is 5.32 Å². The number of nitrogens with one attached hydrogen (secondary N) is 1. The molecule has 16 heavy (non-hydrogen) atoms. The molecule has 4 nitrogen and oxygen atoms in total. The van der Waals surface area contributed by atoms with E-state index in [1.807, 2.05) is 13.8 Å². The number of rotatable bonds is 2. The Balaban J connectivity index is 2.09. The topological polar surface area (TPSA) is 62.5 Å². The lowest BCUT2D eigenvalue weighted by molar-refractivity contribution is 0.0562. The third-order valence-corrected chi connectivity index (χ3v) is 3.24. The van der Waals surface area contributed by atoms with E-state index in [0.29, 0.717) is 24.2 Å². The zero-order valence-corrected chi connectivity index (χ0v) is 9.83. The van der Waals surface area contributed by atoms with Crippen molar-refractivity contribution >= 4 is 5.91 Å². The molecule has 1 heterocycles. The molecule has 1 amide bonds. The zero-order chi connectivity index (χ0) is 11.9. The molecule has 88 valence electrons. The molecule has 0 radical (unpaired) electrons. The minimum Gasteiger partial charge on any atom is -0.466 e. The summed E-state index contributed by atoms with van der Waals surface area (Å²) in [5.74, 6) is 1.35. The molecule has 0 aliphatic heterocycles. The zero-order valence-electron chi connectivity index (χ0n) is 9.83. The lowest BCUT2D eigenvalue weighted by Gasteiger charge is -2.31. The normalized spacial score (nSPS) is 24.0. The number of carbonyl (C=O) groups is 1. The third-order valence-electron chi connectivity index (χ3n) is 3.24. The molecule has 0 atom stereocenters. The Hall–Kier alpha value is -1.29. The Morgan fingerprint density at radius 2 is 1.94 bits per heavy atom. The van der Waals surface area contributed by atoms with Crippen LogP contribution in [0.1, 0.15) is 40.3 Å². The second-order valence-electron chi connectivity index (χ2n) is 4.51. The van der Waals surface area contributed by atoms with E-state index in [4.69, 9.17) is 9.52 Å². The van der Waals surface area contributed by atoms with Crippen LogP contribution in [0.2, 0.25) is 0 Å². The molecular weight excluding hydrogens is 206 g/mol. The van der Waals surface area contributed by atoms with E-state index in [2.05, 4.69) is 5.32 Å². The van der Waals surface area contributed by atoms with Gasteiger partial charge in [-0.3, -0.25) is 4.79 Å². The molecule has 1 aliphatic rings. The lowest BCUT2D eigenvalue weighted by atomic mass is 9.89. The van der Waals surface area contributed by atoms with Crippen molar-refractivity contribution in [2.45, 2.75) is 45.8 Å². The minimum atomic E-state index is -0.251. The van der Waals surface area contributed by atoms with Crippen LogP contribution in [0.15, 0.2) is 4.42 Å². The van der Waals surface area contributed by atoms with Gasteiger partial charge in [0.25, 0.3) is 5.91 Å². The first-order chi connectivity index (χ1) is 7.49. The lowest BCUT2D eigenvalue weighted by Crippen LogP contribution is -2.46. The maximum Gasteiger partial charge on any atom is 0.255 e. The van der Waals surface area contributed by atoms with Crippen LogP contribution in [-0.2, 0) is 0 Å². The summed E-state index contributed by atoms with van der Waals surface area (Å²) in [6, 6.07) is 0.108. The number of aryl methyl sites for hydroxylation is 2. The first-order valence-corrected chi connectivity index (χ1v) is 5.54. The molecule has 1 aromatic rings. The average molecular weight is 223 g/mol. The van der Waals surface area contributed by atoms with Crippen molar-refractivity contribution < 1.29 is 14.3 Å². The van der Waals surface area contributed by atoms with Gasteiger partial charge in [-0.1, -0.05) is 0 Å². The van der Waals surface area contributed by atoms with Crippen LogP contribution in [0, 0.1) is 20.8 Å². The average Bonchev–Trinajstić information content (AvgIpc) is 2.38. The molecule has 0 unspecified atom stereocenters. The Kier molecular flexibility index (Phi) is 2.76. The van der Waals surface area contributed by atoms with Gasteiger partial charge in [-0.2, -0.15) is 0 Å². The molecule has 1 aliphatic carbocycles.